The predicted octanol–water partition coefficient (Wildman–Crippen LogP) is 5.73. The Hall–Kier alpha value is -3.23. The van der Waals surface area contributed by atoms with Crippen molar-refractivity contribution in [2.75, 3.05) is 5.32 Å². The number of amides is 2. The quantitative estimate of drug-likeness (QED) is 0.289. The minimum absolute atomic E-state index is 0.0413. The maximum absolute atomic E-state index is 13.3. The summed E-state index contributed by atoms with van der Waals surface area (Å²) in [5, 5.41) is 7.41. The molecule has 2 aromatic carbocycles. The number of aryl methyl sites for hydroxylation is 1. The maximum atomic E-state index is 13.3. The highest BCUT2D eigenvalue weighted by atomic mass is 79.9. The van der Waals surface area contributed by atoms with Gasteiger partial charge in [-0.15, -0.1) is 11.3 Å². The Kier molecular flexibility index (Phi) is 6.83. The van der Waals surface area contributed by atoms with E-state index in [1.807, 2.05) is 48.5 Å². The first-order chi connectivity index (χ1) is 17.0. The molecule has 0 aliphatic heterocycles. The number of halogens is 1. The number of carbonyl (C=O) groups is 3. The SMILES string of the molecule is O=Cc1cn(CC(=O)Nc2sc3c(c2C(=O)NCc2ccccc2)CCCC3)c2ccc(Br)cc12. The van der Waals surface area contributed by atoms with Crippen LogP contribution < -0.4 is 10.6 Å². The van der Waals surface area contributed by atoms with Gasteiger partial charge in [0.2, 0.25) is 5.91 Å². The molecule has 1 aliphatic rings. The zero-order valence-electron chi connectivity index (χ0n) is 19.0. The van der Waals surface area contributed by atoms with Crippen molar-refractivity contribution in [3.05, 3.63) is 86.3 Å². The number of aldehydes is 1. The molecule has 2 heterocycles. The van der Waals surface area contributed by atoms with Crippen molar-refractivity contribution in [1.82, 2.24) is 9.88 Å². The van der Waals surface area contributed by atoms with Gasteiger partial charge in [0, 0.05) is 38.6 Å². The van der Waals surface area contributed by atoms with Crippen LogP contribution in [0, 0.1) is 0 Å². The van der Waals surface area contributed by atoms with Crippen molar-refractivity contribution >= 4 is 61.3 Å². The number of aromatic nitrogens is 1. The van der Waals surface area contributed by atoms with E-state index in [1.165, 1.54) is 16.2 Å². The Labute approximate surface area is 215 Å². The smallest absolute Gasteiger partial charge is 0.254 e. The van der Waals surface area contributed by atoms with Crippen LogP contribution in [0.5, 0.6) is 0 Å². The number of rotatable bonds is 7. The first kappa shape index (κ1) is 23.5. The molecule has 35 heavy (non-hydrogen) atoms. The van der Waals surface area contributed by atoms with Gasteiger partial charge in [-0.25, -0.2) is 0 Å². The second kappa shape index (κ2) is 10.2. The van der Waals surface area contributed by atoms with E-state index in [-0.39, 0.29) is 18.4 Å². The summed E-state index contributed by atoms with van der Waals surface area (Å²) in [4.78, 5) is 39.1. The van der Waals surface area contributed by atoms with Crippen LogP contribution in [0.4, 0.5) is 5.00 Å². The van der Waals surface area contributed by atoms with Gasteiger partial charge in [-0.2, -0.15) is 0 Å². The molecule has 2 amide bonds. The predicted molar refractivity (Wildman–Crippen MR) is 142 cm³/mol. The Morgan fingerprint density at radius 2 is 1.89 bits per heavy atom. The van der Waals surface area contributed by atoms with Crippen LogP contribution in [0.25, 0.3) is 10.9 Å². The Balaban J connectivity index is 1.38. The molecule has 0 atom stereocenters. The number of hydrogen-bond donors (Lipinski definition) is 2. The highest BCUT2D eigenvalue weighted by Crippen LogP contribution is 2.38. The number of hydrogen-bond acceptors (Lipinski definition) is 4. The Morgan fingerprint density at radius 3 is 2.69 bits per heavy atom. The molecule has 0 unspecified atom stereocenters. The van der Waals surface area contributed by atoms with E-state index in [4.69, 9.17) is 0 Å². The van der Waals surface area contributed by atoms with Crippen LogP contribution in [0.1, 0.15) is 49.6 Å². The summed E-state index contributed by atoms with van der Waals surface area (Å²) in [7, 11) is 0. The lowest BCUT2D eigenvalue weighted by molar-refractivity contribution is -0.116. The molecule has 8 heteroatoms. The van der Waals surface area contributed by atoms with Crippen molar-refractivity contribution in [2.45, 2.75) is 38.8 Å². The molecule has 6 nitrogen and oxygen atoms in total. The van der Waals surface area contributed by atoms with Gasteiger partial charge in [-0.1, -0.05) is 46.3 Å². The summed E-state index contributed by atoms with van der Waals surface area (Å²) >= 11 is 4.94. The number of carbonyl (C=O) groups excluding carboxylic acids is 3. The van der Waals surface area contributed by atoms with E-state index in [0.717, 1.165) is 58.5 Å². The zero-order valence-corrected chi connectivity index (χ0v) is 21.4. The lowest BCUT2D eigenvalue weighted by Crippen LogP contribution is -2.26. The first-order valence-electron chi connectivity index (χ1n) is 11.5. The van der Waals surface area contributed by atoms with Gasteiger partial charge in [-0.05, 0) is 55.0 Å². The molecule has 0 spiro atoms. The third-order valence-electron chi connectivity index (χ3n) is 6.26. The molecule has 2 aromatic heterocycles. The molecule has 0 saturated carbocycles. The third-order valence-corrected chi connectivity index (χ3v) is 7.96. The minimum atomic E-state index is -0.238. The minimum Gasteiger partial charge on any atom is -0.348 e. The van der Waals surface area contributed by atoms with Gasteiger partial charge in [-0.3, -0.25) is 14.4 Å². The monoisotopic (exact) mass is 549 g/mol. The van der Waals surface area contributed by atoms with Gasteiger partial charge < -0.3 is 15.2 Å². The van der Waals surface area contributed by atoms with Gasteiger partial charge in [0.25, 0.3) is 5.91 Å². The molecule has 1 aliphatic carbocycles. The number of fused-ring (bicyclic) bond motifs is 2. The highest BCUT2D eigenvalue weighted by Gasteiger charge is 2.26. The van der Waals surface area contributed by atoms with Crippen molar-refractivity contribution in [3.8, 4) is 0 Å². The van der Waals surface area contributed by atoms with E-state index in [9.17, 15) is 14.4 Å². The Bertz CT molecular complexity index is 1420. The molecule has 0 saturated heterocycles. The number of benzene rings is 2. The summed E-state index contributed by atoms with van der Waals surface area (Å²) in [6.45, 7) is 0.469. The number of nitrogens with zero attached hydrogens (tertiary/aromatic N) is 1. The summed E-state index contributed by atoms with van der Waals surface area (Å²) in [5.41, 5.74) is 4.00. The molecule has 4 aromatic rings. The van der Waals surface area contributed by atoms with Gasteiger partial charge in [0.15, 0.2) is 6.29 Å². The van der Waals surface area contributed by atoms with Crippen LogP contribution >= 0.6 is 27.3 Å². The standard InChI is InChI=1S/C27H24BrN3O3S/c28-19-10-11-22-21(12-19)18(16-32)14-31(22)15-24(33)30-27-25(20-8-4-5-9-23(20)35-27)26(34)29-13-17-6-2-1-3-7-17/h1-3,6-7,10-12,14,16H,4-5,8-9,13,15H2,(H,29,34)(H,30,33). The summed E-state index contributed by atoms with van der Waals surface area (Å²) in [6.07, 6.45) is 6.38. The van der Waals surface area contributed by atoms with E-state index in [0.29, 0.717) is 22.7 Å². The third kappa shape index (κ3) is 4.94. The van der Waals surface area contributed by atoms with Crippen molar-refractivity contribution in [2.24, 2.45) is 0 Å². The lowest BCUT2D eigenvalue weighted by atomic mass is 9.95. The van der Waals surface area contributed by atoms with Crippen molar-refractivity contribution in [1.29, 1.82) is 0 Å². The summed E-state index contributed by atoms with van der Waals surface area (Å²) in [6, 6.07) is 15.4. The lowest BCUT2D eigenvalue weighted by Gasteiger charge is -2.13. The number of nitrogens with one attached hydrogen (secondary N) is 2. The van der Waals surface area contributed by atoms with Crippen molar-refractivity contribution in [3.63, 3.8) is 0 Å². The van der Waals surface area contributed by atoms with Gasteiger partial charge in [0.1, 0.15) is 11.5 Å². The maximum Gasteiger partial charge on any atom is 0.254 e. The second-order valence-corrected chi connectivity index (χ2v) is 10.6. The fourth-order valence-electron chi connectivity index (χ4n) is 4.60. The summed E-state index contributed by atoms with van der Waals surface area (Å²) in [5.74, 6) is -0.402. The summed E-state index contributed by atoms with van der Waals surface area (Å²) < 4.78 is 2.63. The van der Waals surface area contributed by atoms with Gasteiger partial charge >= 0.3 is 0 Å². The molecule has 178 valence electrons. The average molecular weight is 550 g/mol. The largest absolute Gasteiger partial charge is 0.348 e. The molecule has 0 bridgehead atoms. The molecule has 0 fully saturated rings. The zero-order chi connectivity index (χ0) is 24.4. The topological polar surface area (TPSA) is 80.2 Å². The van der Waals surface area contributed by atoms with Gasteiger partial charge in [0.05, 0.1) is 5.56 Å². The first-order valence-corrected chi connectivity index (χ1v) is 13.1. The van der Waals surface area contributed by atoms with E-state index >= 15 is 0 Å². The van der Waals surface area contributed by atoms with E-state index in [2.05, 4.69) is 26.6 Å². The van der Waals surface area contributed by atoms with Crippen LogP contribution in [-0.2, 0) is 30.7 Å². The average Bonchev–Trinajstić information content (AvgIpc) is 3.40. The van der Waals surface area contributed by atoms with Crippen LogP contribution in [0.15, 0.2) is 59.2 Å². The molecule has 0 radical (unpaired) electrons. The fourth-order valence-corrected chi connectivity index (χ4v) is 6.27. The van der Waals surface area contributed by atoms with Crippen LogP contribution in [0.2, 0.25) is 0 Å². The van der Waals surface area contributed by atoms with Crippen LogP contribution in [0.3, 0.4) is 0 Å². The Morgan fingerprint density at radius 1 is 1.09 bits per heavy atom. The van der Waals surface area contributed by atoms with Crippen molar-refractivity contribution < 1.29 is 14.4 Å². The second-order valence-electron chi connectivity index (χ2n) is 8.62. The van der Waals surface area contributed by atoms with E-state index < -0.39 is 0 Å². The molecular weight excluding hydrogens is 526 g/mol. The molecule has 2 N–H and O–H groups in total. The number of anilines is 1. The van der Waals surface area contributed by atoms with Crippen LogP contribution in [-0.4, -0.2) is 22.7 Å². The number of thiophene rings is 1. The molecular formula is C27H24BrN3O3S. The normalized spacial score (nSPS) is 12.8. The van der Waals surface area contributed by atoms with E-state index in [1.54, 1.807) is 10.8 Å². The molecule has 5 rings (SSSR count). The highest BCUT2D eigenvalue weighted by molar-refractivity contribution is 9.10. The fraction of sp³-hybridized carbons (Fsp3) is 0.222.